The summed E-state index contributed by atoms with van der Waals surface area (Å²) < 4.78 is 39.5. The molecule has 0 N–H and O–H groups in total. The second kappa shape index (κ2) is 6.65. The maximum absolute atomic E-state index is 13.4. The van der Waals surface area contributed by atoms with Gasteiger partial charge in [-0.05, 0) is 42.9 Å². The van der Waals surface area contributed by atoms with E-state index in [1.807, 2.05) is 7.05 Å². The highest BCUT2D eigenvalue weighted by Gasteiger charge is 2.29. The topological polar surface area (TPSA) is 23.6 Å². The zero-order valence-corrected chi connectivity index (χ0v) is 13.2. The number of rotatable bonds is 2. The van der Waals surface area contributed by atoms with E-state index in [2.05, 4.69) is 4.90 Å². The molecule has 1 heterocycles. The Balaban J connectivity index is 1.80. The third-order valence-electron chi connectivity index (χ3n) is 4.36. The van der Waals surface area contributed by atoms with Crippen molar-refractivity contribution in [2.75, 3.05) is 26.7 Å². The Bertz CT molecular complexity index is 748. The molecular weight excluding hydrogens is 317 g/mol. The fraction of sp³-hybridized carbons (Fsp3) is 0.278. The van der Waals surface area contributed by atoms with Gasteiger partial charge in [-0.2, -0.15) is 0 Å². The molecule has 6 heteroatoms. The molecule has 1 atom stereocenters. The largest absolute Gasteiger partial charge is 0.335 e. The fourth-order valence-corrected chi connectivity index (χ4v) is 2.91. The molecule has 2 aromatic carbocycles. The van der Waals surface area contributed by atoms with Crippen molar-refractivity contribution in [2.45, 2.75) is 6.04 Å². The van der Waals surface area contributed by atoms with E-state index in [9.17, 15) is 18.0 Å². The Kier molecular flexibility index (Phi) is 4.57. The van der Waals surface area contributed by atoms with E-state index >= 15 is 0 Å². The third kappa shape index (κ3) is 3.28. The number of likely N-dealkylation sites (N-methyl/N-ethyl adjacent to an activating group) is 1. The molecule has 2 aromatic rings. The molecule has 1 unspecified atom stereocenters. The van der Waals surface area contributed by atoms with Crippen LogP contribution in [0, 0.1) is 17.5 Å². The average molecular weight is 334 g/mol. The lowest BCUT2D eigenvalue weighted by molar-refractivity contribution is 0.0545. The van der Waals surface area contributed by atoms with Crippen LogP contribution in [0.15, 0.2) is 42.5 Å². The van der Waals surface area contributed by atoms with Crippen molar-refractivity contribution in [3.05, 3.63) is 71.0 Å². The van der Waals surface area contributed by atoms with Gasteiger partial charge in [0.25, 0.3) is 5.91 Å². The van der Waals surface area contributed by atoms with Crippen molar-refractivity contribution in [2.24, 2.45) is 0 Å². The van der Waals surface area contributed by atoms with E-state index in [0.29, 0.717) is 19.6 Å². The summed E-state index contributed by atoms with van der Waals surface area (Å²) in [5.74, 6) is -2.67. The SMILES string of the molecule is CN1CCN(C(=O)c2ccc(F)c(F)c2)CC1c1ccc(F)cc1. The summed E-state index contributed by atoms with van der Waals surface area (Å²) in [5.41, 5.74) is 1.03. The molecule has 1 saturated heterocycles. The van der Waals surface area contributed by atoms with Crippen LogP contribution in [0.2, 0.25) is 0 Å². The zero-order chi connectivity index (χ0) is 17.3. The number of carbonyl (C=O) groups excluding carboxylic acids is 1. The molecule has 0 radical (unpaired) electrons. The van der Waals surface area contributed by atoms with Crippen LogP contribution in [0.5, 0.6) is 0 Å². The standard InChI is InChI=1S/C18H17F3N2O/c1-22-8-9-23(11-17(22)12-2-5-14(19)6-3-12)18(24)13-4-7-15(20)16(21)10-13/h2-7,10,17H,8-9,11H2,1H3. The molecule has 24 heavy (non-hydrogen) atoms. The fourth-order valence-electron chi connectivity index (χ4n) is 2.91. The number of nitrogens with zero attached hydrogens (tertiary/aromatic N) is 2. The highest BCUT2D eigenvalue weighted by Crippen LogP contribution is 2.25. The quantitative estimate of drug-likeness (QED) is 0.842. The number of hydrogen-bond donors (Lipinski definition) is 0. The number of amides is 1. The molecule has 1 amide bonds. The Morgan fingerprint density at radius 2 is 1.71 bits per heavy atom. The van der Waals surface area contributed by atoms with E-state index < -0.39 is 11.6 Å². The maximum atomic E-state index is 13.4. The first-order valence-corrected chi connectivity index (χ1v) is 7.66. The Hall–Kier alpha value is -2.34. The van der Waals surface area contributed by atoms with Gasteiger partial charge in [0, 0.05) is 25.2 Å². The van der Waals surface area contributed by atoms with E-state index in [1.54, 1.807) is 17.0 Å². The van der Waals surface area contributed by atoms with E-state index in [4.69, 9.17) is 0 Å². The lowest BCUT2D eigenvalue weighted by Crippen LogP contribution is -2.49. The predicted octanol–water partition coefficient (Wildman–Crippen LogP) is 3.23. The highest BCUT2D eigenvalue weighted by molar-refractivity contribution is 5.94. The molecule has 1 aliphatic heterocycles. The highest BCUT2D eigenvalue weighted by atomic mass is 19.2. The van der Waals surface area contributed by atoms with Gasteiger partial charge in [0.2, 0.25) is 0 Å². The number of hydrogen-bond acceptors (Lipinski definition) is 2. The van der Waals surface area contributed by atoms with Gasteiger partial charge in [-0.1, -0.05) is 12.1 Å². The molecule has 0 aliphatic carbocycles. The van der Waals surface area contributed by atoms with Crippen LogP contribution < -0.4 is 0 Å². The van der Waals surface area contributed by atoms with Crippen molar-refractivity contribution in [1.82, 2.24) is 9.80 Å². The Morgan fingerprint density at radius 1 is 1.00 bits per heavy atom. The molecule has 0 spiro atoms. The average Bonchev–Trinajstić information content (AvgIpc) is 2.58. The monoisotopic (exact) mass is 334 g/mol. The van der Waals surface area contributed by atoms with E-state index in [0.717, 1.165) is 17.7 Å². The van der Waals surface area contributed by atoms with Gasteiger partial charge >= 0.3 is 0 Å². The van der Waals surface area contributed by atoms with E-state index in [-0.39, 0.29) is 23.3 Å². The number of carbonyl (C=O) groups is 1. The second-order valence-electron chi connectivity index (χ2n) is 5.93. The van der Waals surface area contributed by atoms with Crippen LogP contribution >= 0.6 is 0 Å². The van der Waals surface area contributed by atoms with Gasteiger partial charge in [0.15, 0.2) is 11.6 Å². The normalized spacial score (nSPS) is 18.7. The minimum absolute atomic E-state index is 0.0754. The molecule has 0 aromatic heterocycles. The van der Waals surface area contributed by atoms with Crippen molar-refractivity contribution < 1.29 is 18.0 Å². The summed E-state index contributed by atoms with van der Waals surface area (Å²) in [4.78, 5) is 16.3. The van der Waals surface area contributed by atoms with Crippen molar-refractivity contribution in [3.8, 4) is 0 Å². The molecule has 126 valence electrons. The van der Waals surface area contributed by atoms with Crippen LogP contribution in [0.4, 0.5) is 13.2 Å². The van der Waals surface area contributed by atoms with Gasteiger partial charge < -0.3 is 4.90 Å². The van der Waals surface area contributed by atoms with Crippen molar-refractivity contribution in [3.63, 3.8) is 0 Å². The maximum Gasteiger partial charge on any atom is 0.254 e. The molecule has 0 saturated carbocycles. The lowest BCUT2D eigenvalue weighted by atomic mass is 10.0. The number of benzene rings is 2. The van der Waals surface area contributed by atoms with Crippen LogP contribution in [0.1, 0.15) is 22.0 Å². The smallest absolute Gasteiger partial charge is 0.254 e. The van der Waals surface area contributed by atoms with Gasteiger partial charge in [0.05, 0.1) is 6.04 Å². The van der Waals surface area contributed by atoms with Crippen LogP contribution in [0.25, 0.3) is 0 Å². The zero-order valence-electron chi connectivity index (χ0n) is 13.2. The molecule has 3 nitrogen and oxygen atoms in total. The Morgan fingerprint density at radius 3 is 2.38 bits per heavy atom. The van der Waals surface area contributed by atoms with Gasteiger partial charge in [-0.15, -0.1) is 0 Å². The predicted molar refractivity (Wildman–Crippen MR) is 84.0 cm³/mol. The van der Waals surface area contributed by atoms with Crippen LogP contribution in [-0.4, -0.2) is 42.4 Å². The van der Waals surface area contributed by atoms with Gasteiger partial charge in [-0.25, -0.2) is 13.2 Å². The van der Waals surface area contributed by atoms with Crippen molar-refractivity contribution >= 4 is 5.91 Å². The summed E-state index contributed by atoms with van der Waals surface area (Å²) in [7, 11) is 1.94. The summed E-state index contributed by atoms with van der Waals surface area (Å²) >= 11 is 0. The minimum atomic E-state index is -1.04. The first kappa shape index (κ1) is 16.5. The van der Waals surface area contributed by atoms with Gasteiger partial charge in [0.1, 0.15) is 5.82 Å². The van der Waals surface area contributed by atoms with E-state index in [1.165, 1.54) is 18.2 Å². The minimum Gasteiger partial charge on any atom is -0.335 e. The molecule has 0 bridgehead atoms. The Labute approximate surface area is 138 Å². The van der Waals surface area contributed by atoms with Crippen LogP contribution in [0.3, 0.4) is 0 Å². The molecule has 1 fully saturated rings. The summed E-state index contributed by atoms with van der Waals surface area (Å²) in [6.45, 7) is 1.53. The molecule has 3 rings (SSSR count). The van der Waals surface area contributed by atoms with Crippen molar-refractivity contribution in [1.29, 1.82) is 0 Å². The first-order valence-electron chi connectivity index (χ1n) is 7.66. The molecule has 1 aliphatic rings. The summed E-state index contributed by atoms with van der Waals surface area (Å²) in [6.07, 6.45) is 0. The number of piperazine rings is 1. The lowest BCUT2D eigenvalue weighted by Gasteiger charge is -2.39. The van der Waals surface area contributed by atoms with Gasteiger partial charge in [-0.3, -0.25) is 9.69 Å². The van der Waals surface area contributed by atoms with Crippen LogP contribution in [-0.2, 0) is 0 Å². The second-order valence-corrected chi connectivity index (χ2v) is 5.93. The third-order valence-corrected chi connectivity index (χ3v) is 4.36. The summed E-state index contributed by atoms with van der Waals surface area (Å²) in [6, 6.07) is 9.25. The first-order chi connectivity index (χ1) is 11.5. The summed E-state index contributed by atoms with van der Waals surface area (Å²) in [5, 5.41) is 0. The number of halogens is 3. The molecular formula is C18H17F3N2O.